The molecule has 2 aromatic heterocycles. The highest BCUT2D eigenvalue weighted by Gasteiger charge is 2.19. The van der Waals surface area contributed by atoms with Gasteiger partial charge in [-0.3, -0.25) is 4.98 Å². The molecule has 0 saturated carbocycles. The lowest BCUT2D eigenvalue weighted by atomic mass is 9.96. The van der Waals surface area contributed by atoms with E-state index in [0.717, 1.165) is 22.8 Å². The summed E-state index contributed by atoms with van der Waals surface area (Å²) < 4.78 is 0.814. The van der Waals surface area contributed by atoms with Gasteiger partial charge in [0.2, 0.25) is 0 Å². The van der Waals surface area contributed by atoms with Gasteiger partial charge in [-0.1, -0.05) is 20.8 Å². The molecule has 0 unspecified atom stereocenters. The zero-order valence-electron chi connectivity index (χ0n) is 12.3. The molecule has 2 aromatic rings. The van der Waals surface area contributed by atoms with E-state index in [9.17, 15) is 0 Å². The second-order valence-corrected chi connectivity index (χ2v) is 6.65. The summed E-state index contributed by atoms with van der Waals surface area (Å²) in [7, 11) is 2.03. The minimum atomic E-state index is -0.0734. The molecule has 0 atom stereocenters. The van der Waals surface area contributed by atoms with E-state index in [2.05, 4.69) is 56.6 Å². The van der Waals surface area contributed by atoms with Gasteiger partial charge < -0.3 is 4.90 Å². The number of nitrogens with zero attached hydrogens (tertiary/aromatic N) is 4. The van der Waals surface area contributed by atoms with Crippen LogP contribution in [0.15, 0.2) is 35.2 Å². The third kappa shape index (κ3) is 3.76. The van der Waals surface area contributed by atoms with Gasteiger partial charge in [0.15, 0.2) is 0 Å². The van der Waals surface area contributed by atoms with Crippen molar-refractivity contribution >= 4 is 21.7 Å². The largest absolute Gasteiger partial charge is 0.355 e. The summed E-state index contributed by atoms with van der Waals surface area (Å²) >= 11 is 3.47. The molecule has 0 aromatic carbocycles. The molecule has 0 spiro atoms. The molecule has 106 valence electrons. The normalized spacial score (nSPS) is 11.4. The van der Waals surface area contributed by atoms with Crippen molar-refractivity contribution in [2.75, 3.05) is 11.9 Å². The molecule has 0 fully saturated rings. The quantitative estimate of drug-likeness (QED) is 0.804. The van der Waals surface area contributed by atoms with Crippen molar-refractivity contribution < 1.29 is 0 Å². The Balaban J connectivity index is 2.26. The zero-order chi connectivity index (χ0) is 14.8. The van der Waals surface area contributed by atoms with E-state index in [1.54, 1.807) is 12.4 Å². The Morgan fingerprint density at radius 1 is 1.15 bits per heavy atom. The minimum Gasteiger partial charge on any atom is -0.355 e. The molecular formula is C15H19BrN4. The van der Waals surface area contributed by atoms with E-state index < -0.39 is 0 Å². The van der Waals surface area contributed by atoms with Gasteiger partial charge in [0, 0.05) is 37.5 Å². The van der Waals surface area contributed by atoms with Crippen molar-refractivity contribution in [2.24, 2.45) is 0 Å². The van der Waals surface area contributed by atoms with E-state index in [0.29, 0.717) is 0 Å². The van der Waals surface area contributed by atoms with Crippen LogP contribution in [0.1, 0.15) is 32.2 Å². The zero-order valence-corrected chi connectivity index (χ0v) is 13.8. The van der Waals surface area contributed by atoms with Crippen LogP contribution in [0.25, 0.3) is 0 Å². The molecule has 2 rings (SSSR count). The summed E-state index contributed by atoms with van der Waals surface area (Å²) in [6, 6.07) is 5.96. The highest BCUT2D eigenvalue weighted by atomic mass is 79.9. The Morgan fingerprint density at radius 2 is 1.80 bits per heavy atom. The summed E-state index contributed by atoms with van der Waals surface area (Å²) in [5, 5.41) is 0. The molecule has 2 heterocycles. The maximum Gasteiger partial charge on any atom is 0.137 e. The molecule has 0 saturated heterocycles. The third-order valence-electron chi connectivity index (χ3n) is 2.91. The number of halogens is 1. The molecule has 4 nitrogen and oxygen atoms in total. The van der Waals surface area contributed by atoms with Gasteiger partial charge in [0.25, 0.3) is 0 Å². The fourth-order valence-corrected chi connectivity index (χ4v) is 2.15. The number of hydrogen-bond donors (Lipinski definition) is 0. The van der Waals surface area contributed by atoms with E-state index in [1.165, 1.54) is 5.56 Å². The van der Waals surface area contributed by atoms with Gasteiger partial charge >= 0.3 is 0 Å². The second kappa shape index (κ2) is 5.87. The first-order valence-corrected chi connectivity index (χ1v) is 7.30. The fourth-order valence-electron chi connectivity index (χ4n) is 1.78. The molecular weight excluding hydrogens is 316 g/mol. The number of hydrogen-bond acceptors (Lipinski definition) is 4. The van der Waals surface area contributed by atoms with Crippen molar-refractivity contribution in [3.63, 3.8) is 0 Å². The predicted molar refractivity (Wildman–Crippen MR) is 84.8 cm³/mol. The van der Waals surface area contributed by atoms with Crippen LogP contribution in [0.4, 0.5) is 5.82 Å². The Hall–Kier alpha value is -1.49. The van der Waals surface area contributed by atoms with Crippen LogP contribution in [0.2, 0.25) is 0 Å². The maximum atomic E-state index is 4.67. The van der Waals surface area contributed by atoms with E-state index in [-0.39, 0.29) is 5.41 Å². The van der Waals surface area contributed by atoms with Gasteiger partial charge in [0.05, 0.1) is 0 Å². The van der Waals surface area contributed by atoms with Crippen LogP contribution in [0.5, 0.6) is 0 Å². The predicted octanol–water partition coefficient (Wildman–Crippen LogP) is 3.57. The summed E-state index contributed by atoms with van der Waals surface area (Å²) in [6.07, 6.45) is 3.61. The second-order valence-electron chi connectivity index (χ2n) is 5.83. The van der Waals surface area contributed by atoms with Crippen LogP contribution >= 0.6 is 15.9 Å². The molecule has 0 aliphatic rings. The molecule has 5 heteroatoms. The summed E-state index contributed by atoms with van der Waals surface area (Å²) in [5.41, 5.74) is 1.13. The standard InChI is InChI=1S/C15H19BrN4/c1-15(2,3)14-18-12(16)9-13(19-14)20(4)10-11-5-7-17-8-6-11/h5-9H,10H2,1-4H3. The molecule has 0 amide bonds. The molecule has 0 N–H and O–H groups in total. The lowest BCUT2D eigenvalue weighted by Gasteiger charge is -2.22. The molecule has 0 aliphatic heterocycles. The smallest absolute Gasteiger partial charge is 0.137 e. The molecule has 0 aliphatic carbocycles. The average molecular weight is 335 g/mol. The van der Waals surface area contributed by atoms with E-state index in [1.807, 2.05) is 25.2 Å². The summed E-state index contributed by atoms with van der Waals surface area (Å²) in [4.78, 5) is 15.3. The average Bonchev–Trinajstić information content (AvgIpc) is 2.38. The fraction of sp³-hybridized carbons (Fsp3) is 0.400. The van der Waals surface area contributed by atoms with Crippen molar-refractivity contribution in [3.05, 3.63) is 46.6 Å². The van der Waals surface area contributed by atoms with Gasteiger partial charge in [-0.15, -0.1) is 0 Å². The Kier molecular flexibility index (Phi) is 4.38. The molecule has 0 bridgehead atoms. The lowest BCUT2D eigenvalue weighted by molar-refractivity contribution is 0.542. The van der Waals surface area contributed by atoms with Gasteiger partial charge in [-0.05, 0) is 33.6 Å². The SMILES string of the molecule is CN(Cc1ccncc1)c1cc(Br)nc(C(C)(C)C)n1. The Labute approximate surface area is 128 Å². The van der Waals surface area contributed by atoms with E-state index >= 15 is 0 Å². The summed E-state index contributed by atoms with van der Waals surface area (Å²) in [6.45, 7) is 7.12. The topological polar surface area (TPSA) is 41.9 Å². The number of rotatable bonds is 3. The maximum absolute atomic E-state index is 4.67. The Bertz CT molecular complexity index is 578. The highest BCUT2D eigenvalue weighted by Crippen LogP contribution is 2.24. The number of anilines is 1. The van der Waals surface area contributed by atoms with Crippen LogP contribution in [0.3, 0.4) is 0 Å². The highest BCUT2D eigenvalue weighted by molar-refractivity contribution is 9.10. The van der Waals surface area contributed by atoms with Crippen LogP contribution < -0.4 is 4.90 Å². The van der Waals surface area contributed by atoms with Gasteiger partial charge in [0.1, 0.15) is 16.2 Å². The van der Waals surface area contributed by atoms with Crippen molar-refractivity contribution in [3.8, 4) is 0 Å². The first kappa shape index (κ1) is 14.9. The van der Waals surface area contributed by atoms with Crippen LogP contribution in [0, 0.1) is 0 Å². The monoisotopic (exact) mass is 334 g/mol. The molecule has 20 heavy (non-hydrogen) atoms. The van der Waals surface area contributed by atoms with Crippen LogP contribution in [-0.2, 0) is 12.0 Å². The summed E-state index contributed by atoms with van der Waals surface area (Å²) in [5.74, 6) is 1.75. The first-order valence-electron chi connectivity index (χ1n) is 6.51. The molecule has 0 radical (unpaired) electrons. The van der Waals surface area contributed by atoms with Crippen LogP contribution in [-0.4, -0.2) is 22.0 Å². The lowest BCUT2D eigenvalue weighted by Crippen LogP contribution is -2.22. The third-order valence-corrected chi connectivity index (χ3v) is 3.32. The number of aromatic nitrogens is 3. The van der Waals surface area contributed by atoms with Gasteiger partial charge in [-0.2, -0.15) is 0 Å². The minimum absolute atomic E-state index is 0.0734. The van der Waals surface area contributed by atoms with Gasteiger partial charge in [-0.25, -0.2) is 9.97 Å². The Morgan fingerprint density at radius 3 is 2.40 bits per heavy atom. The van der Waals surface area contributed by atoms with E-state index in [4.69, 9.17) is 0 Å². The van der Waals surface area contributed by atoms with Crippen molar-refractivity contribution in [1.29, 1.82) is 0 Å². The number of pyridine rings is 1. The van der Waals surface area contributed by atoms with Crippen molar-refractivity contribution in [2.45, 2.75) is 32.7 Å². The first-order chi connectivity index (χ1) is 9.36. The van der Waals surface area contributed by atoms with Crippen molar-refractivity contribution in [1.82, 2.24) is 15.0 Å².